The average Bonchev–Trinajstić information content (AvgIpc) is 2.96. The highest BCUT2D eigenvalue weighted by Gasteiger charge is 2.23. The molecular formula is C18H20N4. The summed E-state index contributed by atoms with van der Waals surface area (Å²) in [5.41, 5.74) is 4.30. The third-order valence-corrected chi connectivity index (χ3v) is 4.36. The van der Waals surface area contributed by atoms with Gasteiger partial charge in [0, 0.05) is 11.9 Å². The summed E-state index contributed by atoms with van der Waals surface area (Å²) in [7, 11) is 0. The molecule has 3 heterocycles. The zero-order valence-electron chi connectivity index (χ0n) is 12.8. The summed E-state index contributed by atoms with van der Waals surface area (Å²) in [5, 5.41) is 3.61. The second-order valence-electron chi connectivity index (χ2n) is 5.99. The maximum absolute atomic E-state index is 4.87. The van der Waals surface area contributed by atoms with Crippen LogP contribution in [-0.4, -0.2) is 21.1 Å². The fourth-order valence-corrected chi connectivity index (χ4v) is 3.18. The van der Waals surface area contributed by atoms with Crippen LogP contribution in [0.15, 0.2) is 42.6 Å². The first-order valence-electron chi connectivity index (χ1n) is 7.97. The number of benzene rings is 1. The van der Waals surface area contributed by atoms with Gasteiger partial charge in [-0.15, -0.1) is 0 Å². The van der Waals surface area contributed by atoms with E-state index in [-0.39, 0.29) is 0 Å². The molecule has 1 aromatic carbocycles. The van der Waals surface area contributed by atoms with Crippen molar-refractivity contribution in [1.82, 2.24) is 19.9 Å². The maximum Gasteiger partial charge on any atom is 0.164 e. The van der Waals surface area contributed by atoms with Crippen molar-refractivity contribution in [3.63, 3.8) is 0 Å². The summed E-state index contributed by atoms with van der Waals surface area (Å²) < 4.78 is 2.21. The number of aryl methyl sites for hydroxylation is 1. The van der Waals surface area contributed by atoms with E-state index in [4.69, 9.17) is 4.98 Å². The molecule has 0 saturated carbocycles. The second kappa shape index (κ2) is 5.54. The van der Waals surface area contributed by atoms with Crippen LogP contribution in [0.1, 0.15) is 36.7 Å². The zero-order chi connectivity index (χ0) is 14.9. The van der Waals surface area contributed by atoms with E-state index in [2.05, 4.69) is 46.1 Å². The molecule has 0 bridgehead atoms. The van der Waals surface area contributed by atoms with Crippen molar-refractivity contribution in [2.24, 2.45) is 0 Å². The van der Waals surface area contributed by atoms with Crippen LogP contribution in [0, 0.1) is 6.92 Å². The predicted molar refractivity (Wildman–Crippen MR) is 88.2 cm³/mol. The van der Waals surface area contributed by atoms with Crippen LogP contribution >= 0.6 is 0 Å². The van der Waals surface area contributed by atoms with E-state index in [1.165, 1.54) is 18.4 Å². The van der Waals surface area contributed by atoms with Gasteiger partial charge in [0.1, 0.15) is 11.3 Å². The number of aromatic nitrogens is 3. The molecule has 1 saturated heterocycles. The van der Waals surface area contributed by atoms with Gasteiger partial charge in [-0.3, -0.25) is 4.57 Å². The number of hydrogen-bond donors (Lipinski definition) is 1. The number of pyridine rings is 1. The van der Waals surface area contributed by atoms with Crippen LogP contribution in [0.4, 0.5) is 0 Å². The predicted octanol–water partition coefficient (Wildman–Crippen LogP) is 3.54. The molecule has 4 rings (SSSR count). The molecular weight excluding hydrogens is 272 g/mol. The lowest BCUT2D eigenvalue weighted by Gasteiger charge is -2.23. The molecule has 4 nitrogen and oxygen atoms in total. The van der Waals surface area contributed by atoms with E-state index >= 15 is 0 Å². The Bertz CT molecular complexity index is 782. The maximum atomic E-state index is 4.87. The number of piperidine rings is 1. The minimum Gasteiger partial charge on any atom is -0.307 e. The molecule has 0 spiro atoms. The Morgan fingerprint density at radius 1 is 1.14 bits per heavy atom. The molecule has 4 heteroatoms. The van der Waals surface area contributed by atoms with Crippen molar-refractivity contribution in [3.05, 3.63) is 54.0 Å². The Kier molecular flexibility index (Phi) is 3.39. The van der Waals surface area contributed by atoms with Gasteiger partial charge < -0.3 is 5.32 Å². The number of imidazole rings is 1. The number of fused-ring (bicyclic) bond motifs is 1. The van der Waals surface area contributed by atoms with Crippen LogP contribution in [0.25, 0.3) is 16.9 Å². The molecule has 2 aromatic heterocycles. The van der Waals surface area contributed by atoms with Crippen molar-refractivity contribution >= 4 is 11.2 Å². The van der Waals surface area contributed by atoms with Crippen LogP contribution < -0.4 is 5.32 Å². The first-order valence-corrected chi connectivity index (χ1v) is 7.97. The molecule has 3 aromatic rings. The Balaban J connectivity index is 1.91. The molecule has 22 heavy (non-hydrogen) atoms. The van der Waals surface area contributed by atoms with Gasteiger partial charge in [0.15, 0.2) is 5.65 Å². The smallest absolute Gasteiger partial charge is 0.164 e. The zero-order valence-corrected chi connectivity index (χ0v) is 12.8. The molecule has 0 radical (unpaired) electrons. The van der Waals surface area contributed by atoms with Crippen LogP contribution in [-0.2, 0) is 0 Å². The first-order chi connectivity index (χ1) is 10.8. The summed E-state index contributed by atoms with van der Waals surface area (Å²) in [5.74, 6) is 1.08. The van der Waals surface area contributed by atoms with Crippen molar-refractivity contribution in [2.45, 2.75) is 32.2 Å². The average molecular weight is 292 g/mol. The monoisotopic (exact) mass is 292 g/mol. The van der Waals surface area contributed by atoms with Crippen LogP contribution in [0.3, 0.4) is 0 Å². The standard InChI is InChI=1S/C18H20N4/c1-13-7-9-14(10-8-13)22-17-16(6-4-12-20-17)21-18(22)15-5-2-3-11-19-15/h4,6-10,12,15,19H,2-3,5,11H2,1H3. The third-order valence-electron chi connectivity index (χ3n) is 4.36. The fraction of sp³-hybridized carbons (Fsp3) is 0.333. The summed E-state index contributed by atoms with van der Waals surface area (Å²) >= 11 is 0. The van der Waals surface area contributed by atoms with Crippen molar-refractivity contribution in [3.8, 4) is 5.69 Å². The highest BCUT2D eigenvalue weighted by Crippen LogP contribution is 2.28. The minimum atomic E-state index is 0.309. The van der Waals surface area contributed by atoms with E-state index in [0.29, 0.717) is 6.04 Å². The molecule has 1 aliphatic rings. The Morgan fingerprint density at radius 3 is 2.77 bits per heavy atom. The molecule has 1 aliphatic heterocycles. The lowest BCUT2D eigenvalue weighted by molar-refractivity contribution is 0.395. The topological polar surface area (TPSA) is 42.7 Å². The van der Waals surface area contributed by atoms with Gasteiger partial charge in [0.2, 0.25) is 0 Å². The number of nitrogens with zero attached hydrogens (tertiary/aromatic N) is 3. The van der Waals surface area contributed by atoms with Gasteiger partial charge in [0.25, 0.3) is 0 Å². The molecule has 0 amide bonds. The largest absolute Gasteiger partial charge is 0.307 e. The van der Waals surface area contributed by atoms with Gasteiger partial charge in [-0.05, 0) is 50.6 Å². The van der Waals surface area contributed by atoms with Gasteiger partial charge in [-0.25, -0.2) is 9.97 Å². The first kappa shape index (κ1) is 13.5. The van der Waals surface area contributed by atoms with Crippen LogP contribution in [0.2, 0.25) is 0 Å². The molecule has 1 unspecified atom stereocenters. The van der Waals surface area contributed by atoms with E-state index in [1.807, 2.05) is 18.3 Å². The molecule has 1 N–H and O–H groups in total. The number of nitrogens with one attached hydrogen (secondary N) is 1. The Hall–Kier alpha value is -2.20. The van der Waals surface area contributed by atoms with E-state index < -0.39 is 0 Å². The van der Waals surface area contributed by atoms with Crippen molar-refractivity contribution < 1.29 is 0 Å². The highest BCUT2D eigenvalue weighted by atomic mass is 15.2. The molecule has 112 valence electrons. The molecule has 0 aliphatic carbocycles. The van der Waals surface area contributed by atoms with E-state index in [0.717, 1.165) is 35.6 Å². The van der Waals surface area contributed by atoms with Gasteiger partial charge in [-0.1, -0.05) is 24.1 Å². The normalized spacial score (nSPS) is 18.7. The number of hydrogen-bond acceptors (Lipinski definition) is 3. The minimum absolute atomic E-state index is 0.309. The SMILES string of the molecule is Cc1ccc(-n2c(C3CCCCN3)nc3cccnc32)cc1. The summed E-state index contributed by atoms with van der Waals surface area (Å²) in [6.07, 6.45) is 5.48. The van der Waals surface area contributed by atoms with Gasteiger partial charge in [-0.2, -0.15) is 0 Å². The van der Waals surface area contributed by atoms with E-state index in [9.17, 15) is 0 Å². The van der Waals surface area contributed by atoms with Crippen molar-refractivity contribution in [1.29, 1.82) is 0 Å². The second-order valence-corrected chi connectivity index (χ2v) is 5.99. The fourth-order valence-electron chi connectivity index (χ4n) is 3.18. The lowest BCUT2D eigenvalue weighted by Crippen LogP contribution is -2.29. The molecule has 1 fully saturated rings. The third kappa shape index (κ3) is 2.29. The summed E-state index contributed by atoms with van der Waals surface area (Å²) in [6, 6.07) is 12.9. The number of rotatable bonds is 2. The quantitative estimate of drug-likeness (QED) is 0.785. The van der Waals surface area contributed by atoms with Gasteiger partial charge >= 0.3 is 0 Å². The van der Waals surface area contributed by atoms with Crippen molar-refractivity contribution in [2.75, 3.05) is 6.54 Å². The summed E-state index contributed by atoms with van der Waals surface area (Å²) in [4.78, 5) is 9.44. The molecule has 1 atom stereocenters. The summed E-state index contributed by atoms with van der Waals surface area (Å²) in [6.45, 7) is 3.17. The Morgan fingerprint density at radius 2 is 2.00 bits per heavy atom. The van der Waals surface area contributed by atoms with Crippen LogP contribution in [0.5, 0.6) is 0 Å². The highest BCUT2D eigenvalue weighted by molar-refractivity contribution is 5.74. The van der Waals surface area contributed by atoms with E-state index in [1.54, 1.807) is 0 Å². The Labute approximate surface area is 130 Å². The lowest BCUT2D eigenvalue weighted by atomic mass is 10.0. The van der Waals surface area contributed by atoms with Gasteiger partial charge in [0.05, 0.1) is 6.04 Å².